The van der Waals surface area contributed by atoms with Gasteiger partial charge in [-0.1, -0.05) is 29.8 Å². The molecule has 1 N–H and O–H groups in total. The van der Waals surface area contributed by atoms with Gasteiger partial charge in [0, 0.05) is 28.6 Å². The Morgan fingerprint density at radius 2 is 1.93 bits per heavy atom. The van der Waals surface area contributed by atoms with E-state index in [-0.39, 0.29) is 5.91 Å². The summed E-state index contributed by atoms with van der Waals surface area (Å²) in [5.74, 6) is 0.299. The molecule has 0 spiro atoms. The van der Waals surface area contributed by atoms with Crippen molar-refractivity contribution in [1.29, 1.82) is 0 Å². The third-order valence-electron chi connectivity index (χ3n) is 4.86. The number of fused-ring (bicyclic) bond motifs is 1. The van der Waals surface area contributed by atoms with Gasteiger partial charge in [-0.05, 0) is 68.1 Å². The maximum atomic E-state index is 13.2. The number of anilines is 3. The minimum Gasteiger partial charge on any atom is -0.324 e. The van der Waals surface area contributed by atoms with Crippen molar-refractivity contribution in [2.45, 2.75) is 26.7 Å². The standard InChI is InChI=1S/C22H21ClN4O/c1-14-12-17(23)9-10-18(14)25-22-24-15(2)13-19(26-22)21(28)27-11-5-7-16-6-3-4-8-20(16)27/h3-4,6,8-10,12-13H,5,7,11H2,1-2H3,(H,24,25,26). The number of benzene rings is 2. The lowest BCUT2D eigenvalue weighted by molar-refractivity contribution is 0.0980. The van der Waals surface area contributed by atoms with Gasteiger partial charge in [-0.3, -0.25) is 4.79 Å². The first-order valence-electron chi connectivity index (χ1n) is 9.30. The lowest BCUT2D eigenvalue weighted by atomic mass is 10.0. The first-order valence-corrected chi connectivity index (χ1v) is 9.68. The van der Waals surface area contributed by atoms with E-state index in [1.807, 2.05) is 55.1 Å². The summed E-state index contributed by atoms with van der Waals surface area (Å²) < 4.78 is 0. The molecule has 0 atom stereocenters. The highest BCUT2D eigenvalue weighted by Gasteiger charge is 2.24. The Bertz CT molecular complexity index is 1050. The Morgan fingerprint density at radius 3 is 2.75 bits per heavy atom. The Kier molecular flexibility index (Phi) is 5.01. The number of aromatic nitrogens is 2. The van der Waals surface area contributed by atoms with Crippen LogP contribution in [0.3, 0.4) is 0 Å². The molecule has 4 rings (SSSR count). The van der Waals surface area contributed by atoms with Gasteiger partial charge in [-0.25, -0.2) is 9.97 Å². The predicted octanol–water partition coefficient (Wildman–Crippen LogP) is 5.08. The SMILES string of the molecule is Cc1cc(C(=O)N2CCCc3ccccc32)nc(Nc2ccc(Cl)cc2C)n1. The number of rotatable bonds is 3. The van der Waals surface area contributed by atoms with Crippen LogP contribution >= 0.6 is 11.6 Å². The molecular formula is C22H21ClN4O. The Hall–Kier alpha value is -2.92. The van der Waals surface area contributed by atoms with E-state index in [0.717, 1.165) is 35.5 Å². The summed E-state index contributed by atoms with van der Waals surface area (Å²) >= 11 is 6.03. The maximum absolute atomic E-state index is 13.2. The molecule has 1 aromatic heterocycles. The second-order valence-electron chi connectivity index (χ2n) is 6.99. The number of carbonyl (C=O) groups is 1. The Balaban J connectivity index is 1.65. The van der Waals surface area contributed by atoms with E-state index in [9.17, 15) is 4.79 Å². The normalized spacial score (nSPS) is 13.2. The lowest BCUT2D eigenvalue weighted by Gasteiger charge is -2.29. The molecule has 5 nitrogen and oxygen atoms in total. The van der Waals surface area contributed by atoms with Gasteiger partial charge >= 0.3 is 0 Å². The summed E-state index contributed by atoms with van der Waals surface area (Å²) in [6.45, 7) is 4.52. The van der Waals surface area contributed by atoms with Crippen LogP contribution in [0.15, 0.2) is 48.5 Å². The van der Waals surface area contributed by atoms with E-state index < -0.39 is 0 Å². The van der Waals surface area contributed by atoms with Gasteiger partial charge in [0.25, 0.3) is 5.91 Å². The van der Waals surface area contributed by atoms with Crippen LogP contribution in [0.1, 0.15) is 33.7 Å². The summed E-state index contributed by atoms with van der Waals surface area (Å²) in [4.78, 5) is 24.0. The molecule has 0 aliphatic carbocycles. The number of nitrogens with zero attached hydrogens (tertiary/aromatic N) is 3. The summed E-state index contributed by atoms with van der Waals surface area (Å²) in [6, 6.07) is 15.3. The molecule has 0 fully saturated rings. The lowest BCUT2D eigenvalue weighted by Crippen LogP contribution is -2.36. The zero-order valence-electron chi connectivity index (χ0n) is 15.9. The van der Waals surface area contributed by atoms with Crippen molar-refractivity contribution in [3.8, 4) is 0 Å². The van der Waals surface area contributed by atoms with Crippen molar-refractivity contribution in [2.24, 2.45) is 0 Å². The zero-order valence-corrected chi connectivity index (χ0v) is 16.6. The highest BCUT2D eigenvalue weighted by molar-refractivity contribution is 6.30. The summed E-state index contributed by atoms with van der Waals surface area (Å²) in [7, 11) is 0. The van der Waals surface area contributed by atoms with Crippen LogP contribution in [0, 0.1) is 13.8 Å². The van der Waals surface area contributed by atoms with E-state index >= 15 is 0 Å². The van der Waals surface area contributed by atoms with Crippen molar-refractivity contribution in [3.05, 3.63) is 76.1 Å². The molecule has 0 saturated heterocycles. The van der Waals surface area contributed by atoms with Crippen molar-refractivity contribution < 1.29 is 4.79 Å². The van der Waals surface area contributed by atoms with Gasteiger partial charge in [0.05, 0.1) is 0 Å². The summed E-state index contributed by atoms with van der Waals surface area (Å²) in [5.41, 5.74) is 5.13. The third-order valence-corrected chi connectivity index (χ3v) is 5.10. The minimum absolute atomic E-state index is 0.103. The Morgan fingerprint density at radius 1 is 1.11 bits per heavy atom. The van der Waals surface area contributed by atoms with Crippen molar-refractivity contribution in [3.63, 3.8) is 0 Å². The average Bonchev–Trinajstić information content (AvgIpc) is 2.69. The largest absolute Gasteiger partial charge is 0.324 e. The summed E-state index contributed by atoms with van der Waals surface area (Å²) in [5, 5.41) is 3.88. The number of carbonyl (C=O) groups excluding carboxylic acids is 1. The van der Waals surface area contributed by atoms with Gasteiger partial charge in [0.1, 0.15) is 5.69 Å². The van der Waals surface area contributed by atoms with Crippen LogP contribution < -0.4 is 10.2 Å². The van der Waals surface area contributed by atoms with Crippen molar-refractivity contribution in [2.75, 3.05) is 16.8 Å². The number of para-hydroxylation sites is 1. The molecule has 2 heterocycles. The van der Waals surface area contributed by atoms with Gasteiger partial charge in [-0.15, -0.1) is 0 Å². The van der Waals surface area contributed by atoms with E-state index in [2.05, 4.69) is 21.4 Å². The number of hydrogen-bond donors (Lipinski definition) is 1. The maximum Gasteiger partial charge on any atom is 0.277 e. The van der Waals surface area contributed by atoms with E-state index in [0.29, 0.717) is 23.2 Å². The fourth-order valence-corrected chi connectivity index (χ4v) is 3.73. The van der Waals surface area contributed by atoms with E-state index in [4.69, 9.17) is 11.6 Å². The molecule has 1 amide bonds. The highest BCUT2D eigenvalue weighted by atomic mass is 35.5. The molecule has 0 bridgehead atoms. The number of hydrogen-bond acceptors (Lipinski definition) is 4. The molecule has 3 aromatic rings. The van der Waals surface area contributed by atoms with Gasteiger partial charge in [0.15, 0.2) is 0 Å². The quantitative estimate of drug-likeness (QED) is 0.675. The first kappa shape index (κ1) is 18.4. The molecule has 28 heavy (non-hydrogen) atoms. The van der Waals surface area contributed by atoms with Crippen LogP contribution in [0.5, 0.6) is 0 Å². The number of aryl methyl sites for hydroxylation is 3. The second kappa shape index (κ2) is 7.60. The monoisotopic (exact) mass is 392 g/mol. The highest BCUT2D eigenvalue weighted by Crippen LogP contribution is 2.28. The number of amides is 1. The minimum atomic E-state index is -0.103. The van der Waals surface area contributed by atoms with Crippen LogP contribution in [0.25, 0.3) is 0 Å². The first-order chi connectivity index (χ1) is 13.5. The zero-order chi connectivity index (χ0) is 19.7. The molecule has 1 aliphatic heterocycles. The fourth-order valence-electron chi connectivity index (χ4n) is 3.50. The molecule has 0 saturated carbocycles. The fraction of sp³-hybridized carbons (Fsp3) is 0.227. The van der Waals surface area contributed by atoms with Crippen LogP contribution in [0.4, 0.5) is 17.3 Å². The molecule has 0 radical (unpaired) electrons. The summed E-state index contributed by atoms with van der Waals surface area (Å²) in [6.07, 6.45) is 1.94. The number of halogens is 1. The van der Waals surface area contributed by atoms with Gasteiger partial charge in [-0.2, -0.15) is 0 Å². The molecular weight excluding hydrogens is 372 g/mol. The molecule has 1 aliphatic rings. The molecule has 2 aromatic carbocycles. The molecule has 142 valence electrons. The van der Waals surface area contributed by atoms with Gasteiger partial charge in [0.2, 0.25) is 5.95 Å². The molecule has 6 heteroatoms. The topological polar surface area (TPSA) is 58.1 Å². The van der Waals surface area contributed by atoms with Crippen molar-refractivity contribution in [1.82, 2.24) is 9.97 Å². The van der Waals surface area contributed by atoms with E-state index in [1.165, 1.54) is 5.56 Å². The van der Waals surface area contributed by atoms with Crippen LogP contribution in [-0.4, -0.2) is 22.4 Å². The predicted molar refractivity (Wildman–Crippen MR) is 113 cm³/mol. The smallest absolute Gasteiger partial charge is 0.277 e. The van der Waals surface area contributed by atoms with E-state index in [1.54, 1.807) is 6.07 Å². The van der Waals surface area contributed by atoms with Crippen molar-refractivity contribution >= 4 is 34.8 Å². The van der Waals surface area contributed by atoms with Gasteiger partial charge < -0.3 is 10.2 Å². The average molecular weight is 393 g/mol. The Labute approximate surface area is 169 Å². The molecule has 0 unspecified atom stereocenters. The van der Waals surface area contributed by atoms with Crippen LogP contribution in [-0.2, 0) is 6.42 Å². The van der Waals surface area contributed by atoms with Crippen LogP contribution in [0.2, 0.25) is 5.02 Å². The third kappa shape index (κ3) is 3.71. The second-order valence-corrected chi connectivity index (χ2v) is 7.43. The number of nitrogens with one attached hydrogen (secondary N) is 1.